The van der Waals surface area contributed by atoms with Crippen LogP contribution in [0.4, 0.5) is 0 Å². The summed E-state index contributed by atoms with van der Waals surface area (Å²) in [5.41, 5.74) is 7.03. The van der Waals surface area contributed by atoms with Crippen LogP contribution < -0.4 is 5.73 Å². The van der Waals surface area contributed by atoms with Gasteiger partial charge in [-0.25, -0.2) is 0 Å². The molecule has 1 atom stereocenters. The molecule has 0 amide bonds. The smallest absolute Gasteiger partial charge is 0.0518 e. The van der Waals surface area contributed by atoms with E-state index in [1.54, 1.807) is 12.4 Å². The predicted octanol–water partition coefficient (Wildman–Crippen LogP) is 1.90. The van der Waals surface area contributed by atoms with E-state index in [4.69, 9.17) is 10.5 Å². The molecular formula is C11H18N2O. The topological polar surface area (TPSA) is 48.1 Å². The van der Waals surface area contributed by atoms with Gasteiger partial charge in [0.05, 0.1) is 6.10 Å². The van der Waals surface area contributed by atoms with Crippen LogP contribution in [-0.4, -0.2) is 17.7 Å². The zero-order chi connectivity index (χ0) is 10.4. The van der Waals surface area contributed by atoms with Crippen molar-refractivity contribution in [3.05, 3.63) is 30.1 Å². The lowest BCUT2D eigenvalue weighted by Gasteiger charge is -2.13. The average molecular weight is 194 g/mol. The van der Waals surface area contributed by atoms with E-state index in [1.807, 2.05) is 26.0 Å². The van der Waals surface area contributed by atoms with Crippen molar-refractivity contribution < 1.29 is 4.74 Å². The van der Waals surface area contributed by atoms with Gasteiger partial charge in [-0.3, -0.25) is 4.98 Å². The monoisotopic (exact) mass is 194 g/mol. The number of nitrogens with two attached hydrogens (primary N) is 1. The predicted molar refractivity (Wildman–Crippen MR) is 56.9 cm³/mol. The molecule has 0 saturated heterocycles. The molecule has 0 aliphatic heterocycles. The van der Waals surface area contributed by atoms with Gasteiger partial charge >= 0.3 is 0 Å². The van der Waals surface area contributed by atoms with Crippen LogP contribution in [0.1, 0.15) is 31.9 Å². The zero-order valence-electron chi connectivity index (χ0n) is 8.81. The number of aromatic nitrogens is 1. The van der Waals surface area contributed by atoms with Crippen LogP contribution in [-0.2, 0) is 4.74 Å². The first-order valence-electron chi connectivity index (χ1n) is 4.97. The van der Waals surface area contributed by atoms with Crippen molar-refractivity contribution in [1.82, 2.24) is 4.98 Å². The van der Waals surface area contributed by atoms with E-state index in [1.165, 1.54) is 0 Å². The Hall–Kier alpha value is -0.930. The van der Waals surface area contributed by atoms with E-state index >= 15 is 0 Å². The fourth-order valence-electron chi connectivity index (χ4n) is 1.19. The Kier molecular flexibility index (Phi) is 4.56. The van der Waals surface area contributed by atoms with Crippen molar-refractivity contribution in [3.63, 3.8) is 0 Å². The minimum atomic E-state index is 0.0300. The molecule has 78 valence electrons. The number of ether oxygens (including phenoxy) is 1. The number of pyridine rings is 1. The Morgan fingerprint density at radius 3 is 2.86 bits per heavy atom. The molecule has 3 nitrogen and oxygen atoms in total. The number of hydrogen-bond acceptors (Lipinski definition) is 3. The second-order valence-electron chi connectivity index (χ2n) is 3.60. The Morgan fingerprint density at radius 1 is 1.50 bits per heavy atom. The highest BCUT2D eigenvalue weighted by Gasteiger charge is 2.05. The van der Waals surface area contributed by atoms with Gasteiger partial charge in [-0.2, -0.15) is 0 Å². The van der Waals surface area contributed by atoms with Gasteiger partial charge in [0.2, 0.25) is 0 Å². The van der Waals surface area contributed by atoms with Gasteiger partial charge in [-0.1, -0.05) is 6.07 Å². The average Bonchev–Trinajstić information content (AvgIpc) is 2.18. The number of nitrogens with zero attached hydrogens (tertiary/aromatic N) is 1. The minimum Gasteiger partial charge on any atom is -0.379 e. The Balaban J connectivity index is 2.32. The molecule has 0 radical (unpaired) electrons. The zero-order valence-corrected chi connectivity index (χ0v) is 8.81. The van der Waals surface area contributed by atoms with Crippen LogP contribution in [0, 0.1) is 0 Å². The molecule has 14 heavy (non-hydrogen) atoms. The van der Waals surface area contributed by atoms with Crippen LogP contribution >= 0.6 is 0 Å². The molecule has 2 N–H and O–H groups in total. The maximum Gasteiger partial charge on any atom is 0.0518 e. The highest BCUT2D eigenvalue weighted by atomic mass is 16.5. The Bertz CT molecular complexity index is 249. The summed E-state index contributed by atoms with van der Waals surface area (Å²) in [6.07, 6.45) is 4.67. The lowest BCUT2D eigenvalue weighted by Crippen LogP contribution is -2.15. The summed E-state index contributed by atoms with van der Waals surface area (Å²) in [5.74, 6) is 0. The van der Waals surface area contributed by atoms with Crippen LogP contribution in [0.15, 0.2) is 24.5 Å². The molecule has 3 heteroatoms. The molecule has 0 aromatic carbocycles. The van der Waals surface area contributed by atoms with Crippen molar-refractivity contribution >= 4 is 0 Å². The van der Waals surface area contributed by atoms with Crippen LogP contribution in [0.3, 0.4) is 0 Å². The summed E-state index contributed by atoms with van der Waals surface area (Å²) in [6, 6.07) is 3.92. The van der Waals surface area contributed by atoms with E-state index in [9.17, 15) is 0 Å². The minimum absolute atomic E-state index is 0.0300. The molecule has 0 bridgehead atoms. The van der Waals surface area contributed by atoms with Gasteiger partial charge in [-0.15, -0.1) is 0 Å². The van der Waals surface area contributed by atoms with Crippen LogP contribution in [0.5, 0.6) is 0 Å². The van der Waals surface area contributed by atoms with Gasteiger partial charge in [0.25, 0.3) is 0 Å². The summed E-state index contributed by atoms with van der Waals surface area (Å²) in [7, 11) is 0. The molecule has 0 saturated carbocycles. The molecule has 1 unspecified atom stereocenters. The maximum atomic E-state index is 5.96. The lowest BCUT2D eigenvalue weighted by atomic mass is 10.1. The van der Waals surface area contributed by atoms with Crippen LogP contribution in [0.25, 0.3) is 0 Å². The largest absolute Gasteiger partial charge is 0.379 e. The molecule has 1 aromatic heterocycles. The Labute approximate surface area is 85.3 Å². The lowest BCUT2D eigenvalue weighted by molar-refractivity contribution is 0.0736. The van der Waals surface area contributed by atoms with E-state index in [2.05, 4.69) is 4.98 Å². The SMILES string of the molecule is CC(C)OCCC(N)c1cccnc1. The van der Waals surface area contributed by atoms with E-state index in [0.29, 0.717) is 6.61 Å². The summed E-state index contributed by atoms with van der Waals surface area (Å²) < 4.78 is 5.43. The third kappa shape index (κ3) is 3.85. The molecule has 1 aromatic rings. The highest BCUT2D eigenvalue weighted by molar-refractivity contribution is 5.12. The first-order chi connectivity index (χ1) is 6.70. The third-order valence-corrected chi connectivity index (χ3v) is 1.99. The standard InChI is InChI=1S/C11H18N2O/c1-9(2)14-7-5-11(12)10-4-3-6-13-8-10/h3-4,6,8-9,11H,5,7,12H2,1-2H3. The van der Waals surface area contributed by atoms with Crippen molar-refractivity contribution in [2.45, 2.75) is 32.4 Å². The second-order valence-corrected chi connectivity index (χ2v) is 3.60. The van der Waals surface area contributed by atoms with Gasteiger partial charge < -0.3 is 10.5 Å². The first kappa shape index (κ1) is 11.1. The quantitative estimate of drug-likeness (QED) is 0.778. The van der Waals surface area contributed by atoms with E-state index in [0.717, 1.165) is 12.0 Å². The van der Waals surface area contributed by atoms with Crippen LogP contribution in [0.2, 0.25) is 0 Å². The van der Waals surface area contributed by atoms with Crippen molar-refractivity contribution in [3.8, 4) is 0 Å². The van der Waals surface area contributed by atoms with Crippen molar-refractivity contribution in [2.75, 3.05) is 6.61 Å². The second kappa shape index (κ2) is 5.73. The summed E-state index contributed by atoms with van der Waals surface area (Å²) in [5, 5.41) is 0. The first-order valence-corrected chi connectivity index (χ1v) is 4.97. The maximum absolute atomic E-state index is 5.96. The molecule has 0 fully saturated rings. The highest BCUT2D eigenvalue weighted by Crippen LogP contribution is 2.12. The normalized spacial score (nSPS) is 13.1. The van der Waals surface area contributed by atoms with E-state index < -0.39 is 0 Å². The van der Waals surface area contributed by atoms with Gasteiger partial charge in [0.1, 0.15) is 0 Å². The number of hydrogen-bond donors (Lipinski definition) is 1. The van der Waals surface area contributed by atoms with Crippen molar-refractivity contribution in [1.29, 1.82) is 0 Å². The van der Waals surface area contributed by atoms with Gasteiger partial charge in [0.15, 0.2) is 0 Å². The molecule has 0 aliphatic rings. The molecule has 1 heterocycles. The molecule has 0 aliphatic carbocycles. The summed E-state index contributed by atoms with van der Waals surface area (Å²) in [4.78, 5) is 4.03. The van der Waals surface area contributed by atoms with Crippen molar-refractivity contribution in [2.24, 2.45) is 5.73 Å². The Morgan fingerprint density at radius 2 is 2.29 bits per heavy atom. The molecular weight excluding hydrogens is 176 g/mol. The summed E-state index contributed by atoms with van der Waals surface area (Å²) >= 11 is 0. The fourth-order valence-corrected chi connectivity index (χ4v) is 1.19. The molecule has 0 spiro atoms. The summed E-state index contributed by atoms with van der Waals surface area (Å²) in [6.45, 7) is 4.75. The third-order valence-electron chi connectivity index (χ3n) is 1.99. The number of rotatable bonds is 5. The molecule has 1 rings (SSSR count). The van der Waals surface area contributed by atoms with Gasteiger partial charge in [0, 0.05) is 25.0 Å². The van der Waals surface area contributed by atoms with E-state index in [-0.39, 0.29) is 12.1 Å². The van der Waals surface area contributed by atoms with Gasteiger partial charge in [-0.05, 0) is 31.9 Å². The fraction of sp³-hybridized carbons (Fsp3) is 0.545.